The third-order valence-corrected chi connectivity index (χ3v) is 6.23. The van der Waals surface area contributed by atoms with Crippen molar-refractivity contribution in [3.63, 3.8) is 0 Å². The molecule has 1 N–H and O–H groups in total. The number of aliphatic hydroxyl groups excluding tert-OH is 1. The van der Waals surface area contributed by atoms with Crippen molar-refractivity contribution in [2.24, 2.45) is 0 Å². The van der Waals surface area contributed by atoms with E-state index in [-0.39, 0.29) is 12.5 Å². The number of aliphatic hydroxyl groups is 1. The first-order valence-corrected chi connectivity index (χ1v) is 10.8. The van der Waals surface area contributed by atoms with Crippen molar-refractivity contribution in [2.75, 3.05) is 6.54 Å². The molecule has 0 saturated heterocycles. The van der Waals surface area contributed by atoms with Crippen LogP contribution in [0.4, 0.5) is 0 Å². The highest BCUT2D eigenvalue weighted by Crippen LogP contribution is 2.24. The molecule has 0 spiro atoms. The Balaban J connectivity index is 1.84. The average Bonchev–Trinajstić information content (AvgIpc) is 3.32. The predicted molar refractivity (Wildman–Crippen MR) is 111 cm³/mol. The highest BCUT2D eigenvalue weighted by atomic mass is 32.1. The highest BCUT2D eigenvalue weighted by molar-refractivity contribution is 7.13. The Morgan fingerprint density at radius 1 is 1.26 bits per heavy atom. The van der Waals surface area contributed by atoms with Crippen molar-refractivity contribution in [1.29, 1.82) is 0 Å². The third-order valence-electron chi connectivity index (χ3n) is 4.32. The standard InChI is InChI=1S/C21H24N2O2S2/c1-3-7-19-22-15(2)20(27-19)21(25)23(12-16-8-5-4-6-9-16)13-18(24)17-10-11-26-14-17/h4-6,8-11,14,18,24H,3,7,12-13H2,1-2H3/t18-/m0/s1. The summed E-state index contributed by atoms with van der Waals surface area (Å²) in [7, 11) is 0. The minimum Gasteiger partial charge on any atom is -0.387 e. The van der Waals surface area contributed by atoms with Gasteiger partial charge in [0.05, 0.1) is 23.4 Å². The summed E-state index contributed by atoms with van der Waals surface area (Å²) in [6.45, 7) is 4.71. The van der Waals surface area contributed by atoms with E-state index in [0.717, 1.165) is 34.7 Å². The number of carbonyl (C=O) groups is 1. The van der Waals surface area contributed by atoms with Crippen molar-refractivity contribution in [1.82, 2.24) is 9.88 Å². The Hall–Kier alpha value is -2.02. The van der Waals surface area contributed by atoms with Crippen molar-refractivity contribution in [2.45, 2.75) is 39.3 Å². The zero-order valence-corrected chi connectivity index (χ0v) is 17.2. The smallest absolute Gasteiger partial charge is 0.266 e. The van der Waals surface area contributed by atoms with E-state index in [4.69, 9.17) is 0 Å². The quantitative estimate of drug-likeness (QED) is 0.588. The second-order valence-electron chi connectivity index (χ2n) is 6.52. The van der Waals surface area contributed by atoms with Crippen LogP contribution in [0.1, 0.15) is 50.9 Å². The van der Waals surface area contributed by atoms with Crippen LogP contribution in [0.15, 0.2) is 47.2 Å². The van der Waals surface area contributed by atoms with Gasteiger partial charge in [-0.3, -0.25) is 4.79 Å². The molecule has 2 heterocycles. The molecule has 27 heavy (non-hydrogen) atoms. The number of rotatable bonds is 8. The van der Waals surface area contributed by atoms with Gasteiger partial charge in [-0.15, -0.1) is 11.3 Å². The zero-order valence-electron chi connectivity index (χ0n) is 15.6. The molecule has 0 aliphatic rings. The summed E-state index contributed by atoms with van der Waals surface area (Å²) in [5, 5.41) is 15.5. The van der Waals surface area contributed by atoms with Crippen LogP contribution in [0.3, 0.4) is 0 Å². The molecule has 0 fully saturated rings. The maximum absolute atomic E-state index is 13.3. The maximum atomic E-state index is 13.3. The minimum absolute atomic E-state index is 0.0644. The van der Waals surface area contributed by atoms with E-state index in [1.807, 2.05) is 54.1 Å². The Bertz CT molecular complexity index is 860. The highest BCUT2D eigenvalue weighted by Gasteiger charge is 2.24. The van der Waals surface area contributed by atoms with Gasteiger partial charge in [0.25, 0.3) is 5.91 Å². The summed E-state index contributed by atoms with van der Waals surface area (Å²) < 4.78 is 0. The molecule has 4 nitrogen and oxygen atoms in total. The first kappa shape index (κ1) is 19.7. The predicted octanol–water partition coefficient (Wildman–Crippen LogP) is 4.84. The fourth-order valence-electron chi connectivity index (χ4n) is 2.92. The Morgan fingerprint density at radius 2 is 2.04 bits per heavy atom. The lowest BCUT2D eigenvalue weighted by Gasteiger charge is -2.25. The van der Waals surface area contributed by atoms with E-state index < -0.39 is 6.10 Å². The number of benzene rings is 1. The van der Waals surface area contributed by atoms with Gasteiger partial charge in [-0.05, 0) is 47.7 Å². The molecule has 0 unspecified atom stereocenters. The fraction of sp³-hybridized carbons (Fsp3) is 0.333. The molecule has 3 aromatic rings. The van der Waals surface area contributed by atoms with E-state index in [2.05, 4.69) is 11.9 Å². The first-order chi connectivity index (χ1) is 13.1. The number of thiophene rings is 1. The van der Waals surface area contributed by atoms with Crippen molar-refractivity contribution in [3.8, 4) is 0 Å². The fourth-order valence-corrected chi connectivity index (χ4v) is 4.76. The lowest BCUT2D eigenvalue weighted by atomic mass is 10.1. The van der Waals surface area contributed by atoms with E-state index in [9.17, 15) is 9.90 Å². The summed E-state index contributed by atoms with van der Waals surface area (Å²) in [6, 6.07) is 11.8. The zero-order chi connectivity index (χ0) is 19.2. The van der Waals surface area contributed by atoms with E-state index in [1.54, 1.807) is 16.2 Å². The van der Waals surface area contributed by atoms with E-state index >= 15 is 0 Å². The molecule has 1 amide bonds. The molecule has 0 saturated carbocycles. The first-order valence-electron chi connectivity index (χ1n) is 9.08. The second-order valence-corrected chi connectivity index (χ2v) is 8.38. The number of hydrogen-bond acceptors (Lipinski definition) is 5. The molecule has 1 aromatic carbocycles. The van der Waals surface area contributed by atoms with Gasteiger partial charge in [0.15, 0.2) is 0 Å². The largest absolute Gasteiger partial charge is 0.387 e. The molecule has 6 heteroatoms. The van der Waals surface area contributed by atoms with Crippen LogP contribution in [-0.4, -0.2) is 27.4 Å². The Morgan fingerprint density at radius 3 is 2.70 bits per heavy atom. The number of nitrogens with zero attached hydrogens (tertiary/aromatic N) is 2. The topological polar surface area (TPSA) is 53.4 Å². The van der Waals surface area contributed by atoms with Gasteiger partial charge in [-0.1, -0.05) is 37.3 Å². The van der Waals surface area contributed by atoms with Gasteiger partial charge in [0, 0.05) is 6.54 Å². The second kappa shape index (κ2) is 9.26. The van der Waals surface area contributed by atoms with Crippen molar-refractivity contribution < 1.29 is 9.90 Å². The normalized spacial score (nSPS) is 12.1. The monoisotopic (exact) mass is 400 g/mol. The SMILES string of the molecule is CCCc1nc(C)c(C(=O)N(Cc2ccccc2)C[C@H](O)c2ccsc2)s1. The summed E-state index contributed by atoms with van der Waals surface area (Å²) in [5.74, 6) is -0.0644. The van der Waals surface area contributed by atoms with Crippen LogP contribution >= 0.6 is 22.7 Å². The minimum atomic E-state index is -0.702. The molecule has 3 rings (SSSR count). The van der Waals surface area contributed by atoms with Gasteiger partial charge < -0.3 is 10.0 Å². The molecular formula is C21H24N2O2S2. The van der Waals surface area contributed by atoms with Gasteiger partial charge >= 0.3 is 0 Å². The van der Waals surface area contributed by atoms with Crippen LogP contribution in [0.25, 0.3) is 0 Å². The van der Waals surface area contributed by atoms with Crippen LogP contribution < -0.4 is 0 Å². The molecule has 0 radical (unpaired) electrons. The maximum Gasteiger partial charge on any atom is 0.266 e. The van der Waals surface area contributed by atoms with Crippen LogP contribution in [0.2, 0.25) is 0 Å². The molecule has 0 bridgehead atoms. The lowest BCUT2D eigenvalue weighted by molar-refractivity contribution is 0.0608. The number of carbonyl (C=O) groups excluding carboxylic acids is 1. The number of aryl methyl sites for hydroxylation is 2. The Kier molecular flexibility index (Phi) is 6.77. The van der Waals surface area contributed by atoms with Crippen molar-refractivity contribution in [3.05, 3.63) is 73.9 Å². The van der Waals surface area contributed by atoms with Gasteiger partial charge in [0.2, 0.25) is 0 Å². The molecule has 142 valence electrons. The van der Waals surface area contributed by atoms with E-state index in [1.165, 1.54) is 11.3 Å². The summed E-state index contributed by atoms with van der Waals surface area (Å²) in [6.07, 6.45) is 1.19. The van der Waals surface area contributed by atoms with E-state index in [0.29, 0.717) is 11.4 Å². The Labute approximate surface area is 168 Å². The van der Waals surface area contributed by atoms with Crippen LogP contribution in [0.5, 0.6) is 0 Å². The van der Waals surface area contributed by atoms with Gasteiger partial charge in [0.1, 0.15) is 4.88 Å². The molecule has 2 aromatic heterocycles. The number of hydrogen-bond donors (Lipinski definition) is 1. The summed E-state index contributed by atoms with van der Waals surface area (Å²) in [4.78, 5) is 20.2. The lowest BCUT2D eigenvalue weighted by Crippen LogP contribution is -2.34. The molecule has 0 aliphatic carbocycles. The third kappa shape index (κ3) is 5.03. The molecule has 0 aliphatic heterocycles. The number of amides is 1. The van der Waals surface area contributed by atoms with Crippen LogP contribution in [0, 0.1) is 6.92 Å². The molecular weight excluding hydrogens is 376 g/mol. The van der Waals surface area contributed by atoms with Crippen molar-refractivity contribution >= 4 is 28.6 Å². The molecule has 1 atom stereocenters. The average molecular weight is 401 g/mol. The summed E-state index contributed by atoms with van der Waals surface area (Å²) >= 11 is 3.02. The van der Waals surface area contributed by atoms with Crippen LogP contribution in [-0.2, 0) is 13.0 Å². The summed E-state index contributed by atoms with van der Waals surface area (Å²) in [5.41, 5.74) is 2.66. The van der Waals surface area contributed by atoms with Gasteiger partial charge in [-0.25, -0.2) is 4.98 Å². The van der Waals surface area contributed by atoms with Gasteiger partial charge in [-0.2, -0.15) is 11.3 Å². The number of thiazole rings is 1. The number of aromatic nitrogens is 1.